The molecule has 1 saturated heterocycles. The Labute approximate surface area is 155 Å². The fourth-order valence-electron chi connectivity index (χ4n) is 3.13. The van der Waals surface area contributed by atoms with Crippen LogP contribution in [0, 0.1) is 0 Å². The second-order valence-corrected chi connectivity index (χ2v) is 6.55. The predicted octanol–water partition coefficient (Wildman–Crippen LogP) is 2.88. The number of benzene rings is 2. The zero-order chi connectivity index (χ0) is 18.4. The smallest absolute Gasteiger partial charge is 0.187 e. The zero-order valence-electron chi connectivity index (χ0n) is 15.3. The van der Waals surface area contributed by atoms with Crippen LogP contribution in [0.15, 0.2) is 60.7 Å². The fourth-order valence-corrected chi connectivity index (χ4v) is 3.13. The molecular formula is C21H27NO4. The Kier molecular flexibility index (Phi) is 6.77. The summed E-state index contributed by atoms with van der Waals surface area (Å²) in [7, 11) is 1.63. The molecule has 5 unspecified atom stereocenters. The van der Waals surface area contributed by atoms with Crippen LogP contribution in [0.1, 0.15) is 18.1 Å². The summed E-state index contributed by atoms with van der Waals surface area (Å²) in [6, 6.07) is 19.7. The number of methoxy groups -OCH3 is 1. The van der Waals surface area contributed by atoms with Gasteiger partial charge in [-0.2, -0.15) is 0 Å². The van der Waals surface area contributed by atoms with Gasteiger partial charge in [0.2, 0.25) is 0 Å². The van der Waals surface area contributed by atoms with Crippen LogP contribution in [0.4, 0.5) is 0 Å². The van der Waals surface area contributed by atoms with Crippen LogP contribution in [0.25, 0.3) is 0 Å². The van der Waals surface area contributed by atoms with Crippen molar-refractivity contribution in [3.8, 4) is 0 Å². The molecule has 2 aromatic rings. The van der Waals surface area contributed by atoms with E-state index in [0.29, 0.717) is 13.2 Å². The maximum Gasteiger partial charge on any atom is 0.187 e. The van der Waals surface area contributed by atoms with E-state index in [0.717, 1.165) is 11.1 Å². The summed E-state index contributed by atoms with van der Waals surface area (Å²) in [5.74, 6) is 0. The van der Waals surface area contributed by atoms with Gasteiger partial charge in [-0.15, -0.1) is 0 Å². The molecule has 5 nitrogen and oxygen atoms in total. The van der Waals surface area contributed by atoms with Crippen LogP contribution in [0.3, 0.4) is 0 Å². The number of hydrogen-bond donors (Lipinski definition) is 1. The van der Waals surface area contributed by atoms with Gasteiger partial charge in [-0.05, 0) is 18.1 Å². The van der Waals surface area contributed by atoms with Crippen LogP contribution in [-0.2, 0) is 32.2 Å². The molecule has 1 aliphatic rings. The van der Waals surface area contributed by atoms with E-state index in [-0.39, 0.29) is 18.2 Å². The molecule has 2 aromatic carbocycles. The van der Waals surface area contributed by atoms with E-state index in [1.165, 1.54) is 0 Å². The largest absolute Gasteiger partial charge is 0.373 e. The third kappa shape index (κ3) is 4.69. The summed E-state index contributed by atoms with van der Waals surface area (Å²) < 4.78 is 23.7. The van der Waals surface area contributed by atoms with Gasteiger partial charge in [0.1, 0.15) is 12.2 Å². The van der Waals surface area contributed by atoms with Crippen molar-refractivity contribution >= 4 is 0 Å². The number of rotatable bonds is 7. The molecule has 0 bridgehead atoms. The Balaban J connectivity index is 1.66. The minimum absolute atomic E-state index is 0.192. The van der Waals surface area contributed by atoms with E-state index >= 15 is 0 Å². The molecule has 0 aromatic heterocycles. The molecule has 1 heterocycles. The molecular weight excluding hydrogens is 330 g/mol. The van der Waals surface area contributed by atoms with Crippen molar-refractivity contribution in [2.45, 2.75) is 50.8 Å². The molecule has 0 saturated carbocycles. The summed E-state index contributed by atoms with van der Waals surface area (Å²) in [5.41, 5.74) is 8.51. The van der Waals surface area contributed by atoms with Crippen LogP contribution in [0.2, 0.25) is 0 Å². The molecule has 5 atom stereocenters. The van der Waals surface area contributed by atoms with E-state index in [1.807, 2.05) is 67.6 Å². The monoisotopic (exact) mass is 357 g/mol. The lowest BCUT2D eigenvalue weighted by molar-refractivity contribution is -0.286. The maximum absolute atomic E-state index is 6.34. The number of nitrogens with two attached hydrogens (primary N) is 1. The standard InChI is InChI=1S/C21H27NO4/c1-15-18(22)19(24-13-16-9-5-3-6-10-16)20(23-2)21(26-15)25-14-17-11-7-4-8-12-17/h3-12,15,18-21H,13-14,22H2,1-2H3. The first kappa shape index (κ1) is 19.0. The van der Waals surface area contributed by atoms with Crippen molar-refractivity contribution in [2.75, 3.05) is 7.11 Å². The molecule has 1 aliphatic heterocycles. The highest BCUT2D eigenvalue weighted by Crippen LogP contribution is 2.26. The SMILES string of the molecule is COC1C(OCc2ccccc2)OC(C)C(N)C1OCc1ccccc1. The van der Waals surface area contributed by atoms with E-state index in [9.17, 15) is 0 Å². The first-order valence-corrected chi connectivity index (χ1v) is 8.94. The lowest BCUT2D eigenvalue weighted by atomic mass is 9.97. The van der Waals surface area contributed by atoms with Gasteiger partial charge in [-0.1, -0.05) is 60.7 Å². The minimum atomic E-state index is -0.532. The van der Waals surface area contributed by atoms with Gasteiger partial charge in [0.25, 0.3) is 0 Å². The van der Waals surface area contributed by atoms with Gasteiger partial charge in [-0.25, -0.2) is 0 Å². The van der Waals surface area contributed by atoms with Crippen LogP contribution in [0.5, 0.6) is 0 Å². The molecule has 0 radical (unpaired) electrons. The topological polar surface area (TPSA) is 62.9 Å². The molecule has 0 spiro atoms. The Morgan fingerprint density at radius 2 is 1.38 bits per heavy atom. The summed E-state index contributed by atoms with van der Waals surface area (Å²) in [5, 5.41) is 0. The summed E-state index contributed by atoms with van der Waals surface area (Å²) in [6.45, 7) is 2.85. The van der Waals surface area contributed by atoms with E-state index in [4.69, 9.17) is 24.7 Å². The molecule has 0 amide bonds. The molecule has 5 heteroatoms. The molecule has 1 fully saturated rings. The first-order valence-electron chi connectivity index (χ1n) is 8.94. The van der Waals surface area contributed by atoms with Gasteiger partial charge in [0.05, 0.1) is 25.4 Å². The van der Waals surface area contributed by atoms with Gasteiger partial charge in [0.15, 0.2) is 6.29 Å². The van der Waals surface area contributed by atoms with Crippen molar-refractivity contribution in [3.05, 3.63) is 71.8 Å². The van der Waals surface area contributed by atoms with E-state index < -0.39 is 12.4 Å². The Morgan fingerprint density at radius 1 is 0.846 bits per heavy atom. The third-order valence-corrected chi connectivity index (χ3v) is 4.68. The number of ether oxygens (including phenoxy) is 4. The van der Waals surface area contributed by atoms with Crippen LogP contribution < -0.4 is 5.73 Å². The summed E-state index contributed by atoms with van der Waals surface area (Å²) in [4.78, 5) is 0. The predicted molar refractivity (Wildman–Crippen MR) is 99.4 cm³/mol. The third-order valence-electron chi connectivity index (χ3n) is 4.68. The van der Waals surface area contributed by atoms with Gasteiger partial charge >= 0.3 is 0 Å². The van der Waals surface area contributed by atoms with Gasteiger partial charge in [0, 0.05) is 7.11 Å². The highest BCUT2D eigenvalue weighted by molar-refractivity contribution is 5.14. The highest BCUT2D eigenvalue weighted by atomic mass is 16.7. The molecule has 140 valence electrons. The zero-order valence-corrected chi connectivity index (χ0v) is 15.3. The maximum atomic E-state index is 6.34. The minimum Gasteiger partial charge on any atom is -0.373 e. The van der Waals surface area contributed by atoms with Crippen molar-refractivity contribution in [2.24, 2.45) is 5.73 Å². The van der Waals surface area contributed by atoms with Gasteiger partial charge in [-0.3, -0.25) is 0 Å². The van der Waals surface area contributed by atoms with Crippen molar-refractivity contribution in [1.82, 2.24) is 0 Å². The average Bonchev–Trinajstić information content (AvgIpc) is 2.69. The summed E-state index contributed by atoms with van der Waals surface area (Å²) in [6.07, 6.45) is -1.43. The highest BCUT2D eigenvalue weighted by Gasteiger charge is 2.44. The van der Waals surface area contributed by atoms with Crippen molar-refractivity contribution < 1.29 is 18.9 Å². The van der Waals surface area contributed by atoms with Gasteiger partial charge < -0.3 is 24.7 Å². The quantitative estimate of drug-likeness (QED) is 0.826. The first-order chi connectivity index (χ1) is 12.7. The van der Waals surface area contributed by atoms with E-state index in [2.05, 4.69) is 0 Å². The van der Waals surface area contributed by atoms with Crippen LogP contribution in [-0.4, -0.2) is 37.8 Å². The van der Waals surface area contributed by atoms with Crippen molar-refractivity contribution in [1.29, 1.82) is 0 Å². The Morgan fingerprint density at radius 3 is 1.92 bits per heavy atom. The molecule has 3 rings (SSSR count). The van der Waals surface area contributed by atoms with Crippen molar-refractivity contribution in [3.63, 3.8) is 0 Å². The number of hydrogen-bond acceptors (Lipinski definition) is 5. The van der Waals surface area contributed by atoms with Crippen LogP contribution >= 0.6 is 0 Å². The fraction of sp³-hybridized carbons (Fsp3) is 0.429. The normalized spacial score (nSPS) is 28.8. The molecule has 2 N–H and O–H groups in total. The lowest BCUT2D eigenvalue weighted by Crippen LogP contribution is -2.62. The summed E-state index contributed by atoms with van der Waals surface area (Å²) >= 11 is 0. The second-order valence-electron chi connectivity index (χ2n) is 6.55. The lowest BCUT2D eigenvalue weighted by Gasteiger charge is -2.43. The molecule has 26 heavy (non-hydrogen) atoms. The van der Waals surface area contributed by atoms with E-state index in [1.54, 1.807) is 7.11 Å². The molecule has 0 aliphatic carbocycles. The Hall–Kier alpha value is -1.76. The average molecular weight is 357 g/mol. The Bertz CT molecular complexity index is 652. The second kappa shape index (κ2) is 9.26.